The highest BCUT2D eigenvalue weighted by Crippen LogP contribution is 2.31. The van der Waals surface area contributed by atoms with E-state index in [0.717, 1.165) is 16.9 Å². The number of nitrogens with one attached hydrogen (secondary N) is 1. The Kier molecular flexibility index (Phi) is 9.23. The van der Waals surface area contributed by atoms with Gasteiger partial charge >= 0.3 is 6.03 Å². The summed E-state index contributed by atoms with van der Waals surface area (Å²) in [5.74, 6) is 2.24. The molecule has 1 N–H and O–H groups in total. The molecule has 0 saturated carbocycles. The summed E-state index contributed by atoms with van der Waals surface area (Å²) in [6, 6.07) is 13.1. The van der Waals surface area contributed by atoms with E-state index in [0.29, 0.717) is 50.5 Å². The Balaban J connectivity index is 1.46. The molecule has 3 amide bonds. The minimum Gasteiger partial charge on any atom is -0.497 e. The number of rotatable bonds is 9. The molecule has 1 heterocycles. The van der Waals surface area contributed by atoms with E-state index in [2.05, 4.69) is 5.32 Å². The van der Waals surface area contributed by atoms with Gasteiger partial charge in [0.15, 0.2) is 11.5 Å². The summed E-state index contributed by atoms with van der Waals surface area (Å²) in [5, 5.41) is 3.05. The second-order valence-corrected chi connectivity index (χ2v) is 8.96. The Labute approximate surface area is 208 Å². The fourth-order valence-electron chi connectivity index (χ4n) is 4.03. The number of nitrogens with zero attached hydrogens (tertiary/aromatic N) is 2. The first-order chi connectivity index (χ1) is 16.8. The topological polar surface area (TPSA) is 80.3 Å². The molecule has 0 aliphatic carbocycles. The zero-order valence-electron chi connectivity index (χ0n) is 21.4. The van der Waals surface area contributed by atoms with Gasteiger partial charge in [0.25, 0.3) is 0 Å². The van der Waals surface area contributed by atoms with Crippen LogP contribution >= 0.6 is 0 Å². The van der Waals surface area contributed by atoms with Gasteiger partial charge in [-0.25, -0.2) is 4.79 Å². The highest BCUT2D eigenvalue weighted by molar-refractivity contribution is 5.78. The molecule has 0 bridgehead atoms. The minimum absolute atomic E-state index is 0.0415. The van der Waals surface area contributed by atoms with Crippen LogP contribution in [0.1, 0.15) is 44.4 Å². The van der Waals surface area contributed by atoms with Crippen LogP contribution in [0, 0.1) is 0 Å². The van der Waals surface area contributed by atoms with Crippen molar-refractivity contribution < 1.29 is 23.8 Å². The Bertz CT molecular complexity index is 985. The molecule has 1 aliphatic heterocycles. The summed E-state index contributed by atoms with van der Waals surface area (Å²) in [4.78, 5) is 29.1. The van der Waals surface area contributed by atoms with Crippen molar-refractivity contribution in [2.24, 2.45) is 0 Å². The van der Waals surface area contributed by atoms with E-state index in [1.165, 1.54) is 0 Å². The van der Waals surface area contributed by atoms with Crippen LogP contribution in [-0.2, 0) is 11.2 Å². The number of aryl methyl sites for hydroxylation is 1. The molecule has 8 nitrogen and oxygen atoms in total. The molecule has 1 fully saturated rings. The second kappa shape index (κ2) is 12.3. The Morgan fingerprint density at radius 1 is 0.886 bits per heavy atom. The van der Waals surface area contributed by atoms with Crippen LogP contribution in [0.25, 0.3) is 0 Å². The van der Waals surface area contributed by atoms with E-state index < -0.39 is 0 Å². The van der Waals surface area contributed by atoms with Gasteiger partial charge in [0.2, 0.25) is 5.91 Å². The number of ether oxygens (including phenoxy) is 3. The first kappa shape index (κ1) is 26.2. The zero-order chi connectivity index (χ0) is 25.4. The van der Waals surface area contributed by atoms with Gasteiger partial charge in [-0.2, -0.15) is 0 Å². The molecule has 8 heteroatoms. The Morgan fingerprint density at radius 2 is 1.54 bits per heavy atom. The van der Waals surface area contributed by atoms with Gasteiger partial charge in [-0.3, -0.25) is 4.79 Å². The molecule has 35 heavy (non-hydrogen) atoms. The van der Waals surface area contributed by atoms with Crippen molar-refractivity contribution >= 4 is 11.9 Å². The van der Waals surface area contributed by atoms with Crippen LogP contribution < -0.4 is 19.5 Å². The van der Waals surface area contributed by atoms with Gasteiger partial charge in [0.05, 0.1) is 26.4 Å². The fraction of sp³-hybridized carbons (Fsp3) is 0.481. The molecular formula is C27H37N3O5. The summed E-state index contributed by atoms with van der Waals surface area (Å²) >= 11 is 0. The van der Waals surface area contributed by atoms with Gasteiger partial charge in [-0.05, 0) is 62.6 Å². The third kappa shape index (κ3) is 7.28. The van der Waals surface area contributed by atoms with Crippen molar-refractivity contribution in [3.8, 4) is 17.2 Å². The smallest absolute Gasteiger partial charge is 0.317 e. The maximum Gasteiger partial charge on any atom is 0.317 e. The fourth-order valence-corrected chi connectivity index (χ4v) is 4.03. The number of carbonyl (C=O) groups excluding carboxylic acids is 2. The quantitative estimate of drug-likeness (QED) is 0.582. The van der Waals surface area contributed by atoms with E-state index >= 15 is 0 Å². The third-order valence-electron chi connectivity index (χ3n) is 6.10. The highest BCUT2D eigenvalue weighted by Gasteiger charge is 2.25. The maximum absolute atomic E-state index is 12.8. The molecule has 3 rings (SSSR count). The molecule has 2 aromatic rings. The Morgan fingerprint density at radius 3 is 2.14 bits per heavy atom. The molecular weight excluding hydrogens is 446 g/mol. The number of hydrogen-bond acceptors (Lipinski definition) is 5. The van der Waals surface area contributed by atoms with Crippen LogP contribution in [0.2, 0.25) is 0 Å². The lowest BCUT2D eigenvalue weighted by Crippen LogP contribution is -2.53. The van der Waals surface area contributed by atoms with E-state index in [4.69, 9.17) is 14.2 Å². The molecule has 0 radical (unpaired) electrons. The monoisotopic (exact) mass is 483 g/mol. The lowest BCUT2D eigenvalue weighted by Gasteiger charge is -2.35. The van der Waals surface area contributed by atoms with E-state index in [1.807, 2.05) is 68.1 Å². The average molecular weight is 484 g/mol. The summed E-state index contributed by atoms with van der Waals surface area (Å²) < 4.78 is 16.4. The predicted octanol–water partition coefficient (Wildman–Crippen LogP) is 4.04. The van der Waals surface area contributed by atoms with Gasteiger partial charge in [0, 0.05) is 32.6 Å². The van der Waals surface area contributed by atoms with Crippen molar-refractivity contribution in [1.29, 1.82) is 0 Å². The second-order valence-electron chi connectivity index (χ2n) is 8.96. The molecule has 2 aromatic carbocycles. The zero-order valence-corrected chi connectivity index (χ0v) is 21.4. The number of hydrogen-bond donors (Lipinski definition) is 1. The molecule has 1 aliphatic rings. The standard InChI is InChI=1S/C27H37N3O5/c1-19(2)35-24-12-9-22(18-25(24)34-5)20(3)28-27(32)30-16-14-29(15-17-30)26(31)13-8-21-6-10-23(33-4)11-7-21/h6-7,9-12,18-20H,8,13-17H2,1-5H3,(H,28,32). The van der Waals surface area contributed by atoms with Crippen LogP contribution in [-0.4, -0.2) is 68.2 Å². The van der Waals surface area contributed by atoms with Crippen molar-refractivity contribution in [2.75, 3.05) is 40.4 Å². The third-order valence-corrected chi connectivity index (χ3v) is 6.10. The number of piperazine rings is 1. The first-order valence-corrected chi connectivity index (χ1v) is 12.1. The van der Waals surface area contributed by atoms with Crippen LogP contribution in [0.15, 0.2) is 42.5 Å². The summed E-state index contributed by atoms with van der Waals surface area (Å²) in [7, 11) is 3.24. The van der Waals surface area contributed by atoms with E-state index in [-0.39, 0.29) is 24.1 Å². The Hall–Kier alpha value is -3.42. The number of urea groups is 1. The van der Waals surface area contributed by atoms with Crippen molar-refractivity contribution in [3.63, 3.8) is 0 Å². The lowest BCUT2D eigenvalue weighted by molar-refractivity contribution is -0.132. The molecule has 1 atom stereocenters. The number of methoxy groups -OCH3 is 2. The lowest BCUT2D eigenvalue weighted by atomic mass is 10.1. The van der Waals surface area contributed by atoms with Crippen LogP contribution in [0.4, 0.5) is 4.79 Å². The van der Waals surface area contributed by atoms with Gasteiger partial charge in [-0.1, -0.05) is 18.2 Å². The molecule has 190 valence electrons. The largest absolute Gasteiger partial charge is 0.497 e. The number of benzene rings is 2. The first-order valence-electron chi connectivity index (χ1n) is 12.1. The van der Waals surface area contributed by atoms with Crippen molar-refractivity contribution in [3.05, 3.63) is 53.6 Å². The molecule has 0 aromatic heterocycles. The van der Waals surface area contributed by atoms with E-state index in [9.17, 15) is 9.59 Å². The van der Waals surface area contributed by atoms with Crippen LogP contribution in [0.5, 0.6) is 17.2 Å². The normalized spacial score (nSPS) is 14.5. The maximum atomic E-state index is 12.8. The summed E-state index contributed by atoms with van der Waals surface area (Å²) in [5.41, 5.74) is 2.03. The molecule has 0 spiro atoms. The SMILES string of the molecule is COc1ccc(CCC(=O)N2CCN(C(=O)NC(C)c3ccc(OC(C)C)c(OC)c3)CC2)cc1. The molecule has 1 unspecified atom stereocenters. The van der Waals surface area contributed by atoms with Gasteiger partial charge < -0.3 is 29.3 Å². The summed E-state index contributed by atoms with van der Waals surface area (Å²) in [6.07, 6.45) is 1.18. The van der Waals surface area contributed by atoms with Crippen molar-refractivity contribution in [2.45, 2.75) is 45.8 Å². The number of amides is 3. The van der Waals surface area contributed by atoms with Crippen LogP contribution in [0.3, 0.4) is 0 Å². The van der Waals surface area contributed by atoms with Gasteiger partial charge in [-0.15, -0.1) is 0 Å². The summed E-state index contributed by atoms with van der Waals surface area (Å²) in [6.45, 7) is 7.97. The molecule has 1 saturated heterocycles. The van der Waals surface area contributed by atoms with E-state index in [1.54, 1.807) is 19.1 Å². The van der Waals surface area contributed by atoms with Crippen molar-refractivity contribution in [1.82, 2.24) is 15.1 Å². The minimum atomic E-state index is -0.200. The van der Waals surface area contributed by atoms with Gasteiger partial charge in [0.1, 0.15) is 5.75 Å². The number of carbonyl (C=O) groups is 2. The predicted molar refractivity (Wildman–Crippen MR) is 135 cm³/mol. The highest BCUT2D eigenvalue weighted by atomic mass is 16.5. The average Bonchev–Trinajstić information content (AvgIpc) is 2.87.